The molecule has 102 valence electrons. The van der Waals surface area contributed by atoms with Crippen LogP contribution in [0.1, 0.15) is 46.0 Å². The first kappa shape index (κ1) is 14.9. The molecule has 2 rings (SSSR count). The van der Waals surface area contributed by atoms with Gasteiger partial charge in [0.15, 0.2) is 0 Å². The molecule has 0 radical (unpaired) electrons. The van der Waals surface area contributed by atoms with Crippen LogP contribution in [0.2, 0.25) is 0 Å². The molecule has 3 heteroatoms. The summed E-state index contributed by atoms with van der Waals surface area (Å²) in [6, 6.07) is 0.860. The Kier molecular flexibility index (Phi) is 7.82. The van der Waals surface area contributed by atoms with Crippen LogP contribution < -0.4 is 0 Å². The summed E-state index contributed by atoms with van der Waals surface area (Å²) < 4.78 is 5.17. The van der Waals surface area contributed by atoms with Gasteiger partial charge in [0.05, 0.1) is 6.73 Å². The molecule has 17 heavy (non-hydrogen) atoms. The number of likely N-dealkylation sites (tertiary alicyclic amines) is 2. The van der Waals surface area contributed by atoms with Gasteiger partial charge in [0, 0.05) is 26.2 Å². The van der Waals surface area contributed by atoms with Crippen LogP contribution in [0.4, 0.5) is 0 Å². The smallest absolute Gasteiger partial charge is 0.0986 e. The monoisotopic (exact) mass is 242 g/mol. The molecule has 2 aliphatic rings. The zero-order valence-corrected chi connectivity index (χ0v) is 12.0. The third-order valence-corrected chi connectivity index (χ3v) is 3.78. The number of methoxy groups -OCH3 is 1. The zero-order chi connectivity index (χ0) is 12.5. The third kappa shape index (κ3) is 4.94. The van der Waals surface area contributed by atoms with Crippen molar-refractivity contribution in [3.63, 3.8) is 0 Å². The van der Waals surface area contributed by atoms with Gasteiger partial charge in [0.25, 0.3) is 0 Å². The Labute approximate surface area is 107 Å². The van der Waals surface area contributed by atoms with E-state index in [1.54, 1.807) is 7.11 Å². The van der Waals surface area contributed by atoms with Crippen molar-refractivity contribution in [3.8, 4) is 0 Å². The Hall–Kier alpha value is -0.120. The van der Waals surface area contributed by atoms with Gasteiger partial charge in [0.1, 0.15) is 0 Å². The maximum Gasteiger partial charge on any atom is 0.0986 e. The number of hydrogen-bond donors (Lipinski definition) is 0. The minimum absolute atomic E-state index is 0.812. The maximum atomic E-state index is 5.17. The molecular weight excluding hydrogens is 212 g/mol. The molecule has 0 amide bonds. The summed E-state index contributed by atoms with van der Waals surface area (Å²) in [4.78, 5) is 5.13. The molecular formula is C14H30N2O. The molecule has 2 saturated heterocycles. The van der Waals surface area contributed by atoms with Gasteiger partial charge in [-0.3, -0.25) is 4.90 Å². The number of rotatable bonds is 3. The quantitative estimate of drug-likeness (QED) is 0.756. The molecule has 0 aliphatic carbocycles. The summed E-state index contributed by atoms with van der Waals surface area (Å²) in [5, 5.41) is 0. The van der Waals surface area contributed by atoms with E-state index in [0.717, 1.165) is 12.8 Å². The first-order valence-electron chi connectivity index (χ1n) is 7.35. The Morgan fingerprint density at radius 3 is 2.06 bits per heavy atom. The van der Waals surface area contributed by atoms with Gasteiger partial charge >= 0.3 is 0 Å². The number of piperidine rings is 2. The van der Waals surface area contributed by atoms with Crippen molar-refractivity contribution in [2.45, 2.75) is 52.0 Å². The van der Waals surface area contributed by atoms with Gasteiger partial charge in [0.2, 0.25) is 0 Å². The molecule has 0 atom stereocenters. The number of hydrogen-bond acceptors (Lipinski definition) is 3. The standard InChI is InChI=1S/C12H24N2O.C2H6/c1-15-11-13-9-5-12(6-10-13)14-7-3-2-4-8-14;1-2/h12H,2-11H2,1H3;1-2H3. The fraction of sp³-hybridized carbons (Fsp3) is 1.00. The predicted octanol–water partition coefficient (Wildman–Crippen LogP) is 2.57. The van der Waals surface area contributed by atoms with Crippen LogP contribution in [0.15, 0.2) is 0 Å². The second-order valence-electron chi connectivity index (χ2n) is 4.86. The Balaban J connectivity index is 0.000000686. The molecule has 0 spiro atoms. The molecule has 0 unspecified atom stereocenters. The average Bonchev–Trinajstić information content (AvgIpc) is 2.43. The Bertz CT molecular complexity index is 173. The van der Waals surface area contributed by atoms with E-state index < -0.39 is 0 Å². The normalized spacial score (nSPS) is 24.2. The van der Waals surface area contributed by atoms with Crippen molar-refractivity contribution in [3.05, 3.63) is 0 Å². The third-order valence-electron chi connectivity index (χ3n) is 3.78. The van der Waals surface area contributed by atoms with Gasteiger partial charge in [-0.2, -0.15) is 0 Å². The summed E-state index contributed by atoms with van der Waals surface area (Å²) in [5.74, 6) is 0. The molecule has 0 aromatic heterocycles. The van der Waals surface area contributed by atoms with E-state index >= 15 is 0 Å². The first-order chi connectivity index (χ1) is 8.40. The van der Waals surface area contributed by atoms with Crippen molar-refractivity contribution in [1.29, 1.82) is 0 Å². The van der Waals surface area contributed by atoms with E-state index in [4.69, 9.17) is 4.74 Å². The van der Waals surface area contributed by atoms with Crippen LogP contribution in [-0.4, -0.2) is 55.9 Å². The minimum Gasteiger partial charge on any atom is -0.369 e. The van der Waals surface area contributed by atoms with Gasteiger partial charge in [-0.1, -0.05) is 20.3 Å². The van der Waals surface area contributed by atoms with Crippen molar-refractivity contribution in [1.82, 2.24) is 9.80 Å². The largest absolute Gasteiger partial charge is 0.369 e. The fourth-order valence-corrected chi connectivity index (χ4v) is 2.88. The topological polar surface area (TPSA) is 15.7 Å². The summed E-state index contributed by atoms with van der Waals surface area (Å²) in [5.41, 5.74) is 0. The fourth-order valence-electron chi connectivity index (χ4n) is 2.88. The van der Waals surface area contributed by atoms with Gasteiger partial charge in [-0.15, -0.1) is 0 Å². The molecule has 2 fully saturated rings. The maximum absolute atomic E-state index is 5.17. The van der Waals surface area contributed by atoms with Crippen molar-refractivity contribution in [2.24, 2.45) is 0 Å². The lowest BCUT2D eigenvalue weighted by Gasteiger charge is -2.39. The SMILES string of the molecule is CC.COCN1CCC(N2CCCCC2)CC1. The number of nitrogens with zero attached hydrogens (tertiary/aromatic N) is 2. The van der Waals surface area contributed by atoms with Crippen LogP contribution >= 0.6 is 0 Å². The lowest BCUT2D eigenvalue weighted by Crippen LogP contribution is -2.47. The molecule has 2 heterocycles. The van der Waals surface area contributed by atoms with E-state index in [-0.39, 0.29) is 0 Å². The van der Waals surface area contributed by atoms with E-state index in [1.165, 1.54) is 58.3 Å². The lowest BCUT2D eigenvalue weighted by molar-refractivity contribution is 0.0220. The van der Waals surface area contributed by atoms with Crippen LogP contribution in [0.25, 0.3) is 0 Å². The molecule has 0 N–H and O–H groups in total. The highest BCUT2D eigenvalue weighted by molar-refractivity contribution is 4.80. The van der Waals surface area contributed by atoms with Crippen molar-refractivity contribution in [2.75, 3.05) is 40.0 Å². The first-order valence-corrected chi connectivity index (χ1v) is 7.35. The van der Waals surface area contributed by atoms with Gasteiger partial charge < -0.3 is 9.64 Å². The highest BCUT2D eigenvalue weighted by Crippen LogP contribution is 2.20. The van der Waals surface area contributed by atoms with E-state index in [0.29, 0.717) is 0 Å². The van der Waals surface area contributed by atoms with Crippen LogP contribution in [0.3, 0.4) is 0 Å². The van der Waals surface area contributed by atoms with Crippen LogP contribution in [-0.2, 0) is 4.74 Å². The minimum atomic E-state index is 0.812. The summed E-state index contributed by atoms with van der Waals surface area (Å²) in [6.45, 7) is 9.93. The lowest BCUT2D eigenvalue weighted by atomic mass is 10.0. The molecule has 2 aliphatic heterocycles. The van der Waals surface area contributed by atoms with E-state index in [9.17, 15) is 0 Å². The molecule has 0 bridgehead atoms. The average molecular weight is 242 g/mol. The molecule has 0 aromatic rings. The molecule has 0 aromatic carbocycles. The second-order valence-corrected chi connectivity index (χ2v) is 4.86. The van der Waals surface area contributed by atoms with Gasteiger partial charge in [-0.25, -0.2) is 0 Å². The second kappa shape index (κ2) is 8.90. The van der Waals surface area contributed by atoms with Crippen LogP contribution in [0, 0.1) is 0 Å². The predicted molar refractivity (Wildman–Crippen MR) is 73.2 cm³/mol. The summed E-state index contributed by atoms with van der Waals surface area (Å²) in [6.07, 6.45) is 6.95. The van der Waals surface area contributed by atoms with Gasteiger partial charge in [-0.05, 0) is 38.8 Å². The summed E-state index contributed by atoms with van der Waals surface area (Å²) >= 11 is 0. The highest BCUT2D eigenvalue weighted by Gasteiger charge is 2.25. The Morgan fingerprint density at radius 1 is 0.941 bits per heavy atom. The molecule has 0 saturated carbocycles. The van der Waals surface area contributed by atoms with E-state index in [1.807, 2.05) is 13.8 Å². The van der Waals surface area contributed by atoms with Crippen molar-refractivity contribution < 1.29 is 4.74 Å². The Morgan fingerprint density at radius 2 is 1.53 bits per heavy atom. The molecule has 3 nitrogen and oxygen atoms in total. The highest BCUT2D eigenvalue weighted by atomic mass is 16.5. The zero-order valence-electron chi connectivity index (χ0n) is 12.0. The summed E-state index contributed by atoms with van der Waals surface area (Å²) in [7, 11) is 1.79. The van der Waals surface area contributed by atoms with E-state index in [2.05, 4.69) is 9.80 Å². The van der Waals surface area contributed by atoms with Crippen molar-refractivity contribution >= 4 is 0 Å². The number of ether oxygens (including phenoxy) is 1. The van der Waals surface area contributed by atoms with Crippen LogP contribution in [0.5, 0.6) is 0 Å².